The zero-order valence-electron chi connectivity index (χ0n) is 11.3. The number of benzene rings is 1. The van der Waals surface area contributed by atoms with Crippen LogP contribution >= 0.6 is 23.2 Å². The maximum atomic E-state index is 12.8. The smallest absolute Gasteiger partial charge is 0.244 e. The molecule has 1 fully saturated rings. The van der Waals surface area contributed by atoms with E-state index in [0.717, 1.165) is 25.9 Å². The molecular formula is C13H18Cl2N2O2S. The van der Waals surface area contributed by atoms with Crippen LogP contribution in [0.2, 0.25) is 10.0 Å². The minimum absolute atomic E-state index is 0.0151. The van der Waals surface area contributed by atoms with Gasteiger partial charge in [-0.1, -0.05) is 36.2 Å². The van der Waals surface area contributed by atoms with E-state index < -0.39 is 10.0 Å². The van der Waals surface area contributed by atoms with E-state index in [1.165, 1.54) is 10.4 Å². The Morgan fingerprint density at radius 3 is 2.55 bits per heavy atom. The van der Waals surface area contributed by atoms with Crippen molar-refractivity contribution in [3.05, 3.63) is 28.2 Å². The maximum absolute atomic E-state index is 12.8. The van der Waals surface area contributed by atoms with Crippen LogP contribution in [0.15, 0.2) is 23.1 Å². The van der Waals surface area contributed by atoms with E-state index in [0.29, 0.717) is 6.54 Å². The molecule has 0 spiro atoms. The summed E-state index contributed by atoms with van der Waals surface area (Å²) in [4.78, 5) is 0.0899. The van der Waals surface area contributed by atoms with Gasteiger partial charge in [0.25, 0.3) is 0 Å². The molecule has 0 amide bonds. The minimum atomic E-state index is -3.61. The molecule has 0 aliphatic carbocycles. The predicted octanol–water partition coefficient (Wildman–Crippen LogP) is 2.76. The molecule has 1 heterocycles. The first kappa shape index (κ1) is 16.0. The van der Waals surface area contributed by atoms with Gasteiger partial charge >= 0.3 is 0 Å². The first-order valence-corrected chi connectivity index (χ1v) is 8.84. The fraction of sp³-hybridized carbons (Fsp3) is 0.538. The first-order chi connectivity index (χ1) is 9.48. The fourth-order valence-corrected chi connectivity index (χ4v) is 4.96. The van der Waals surface area contributed by atoms with Crippen molar-refractivity contribution in [2.45, 2.75) is 30.7 Å². The van der Waals surface area contributed by atoms with Crippen LogP contribution in [-0.2, 0) is 10.0 Å². The van der Waals surface area contributed by atoms with Gasteiger partial charge in [0.1, 0.15) is 4.90 Å². The number of nitrogens with zero attached hydrogens (tertiary/aromatic N) is 1. The van der Waals surface area contributed by atoms with Crippen molar-refractivity contribution in [3.8, 4) is 0 Å². The number of rotatable bonds is 4. The number of piperidine rings is 1. The Morgan fingerprint density at radius 1 is 1.30 bits per heavy atom. The quantitative estimate of drug-likeness (QED) is 0.919. The molecule has 0 saturated carbocycles. The predicted molar refractivity (Wildman–Crippen MR) is 81.9 cm³/mol. The summed E-state index contributed by atoms with van der Waals surface area (Å²) in [5, 5.41) is 3.59. The number of nitrogens with one attached hydrogen (secondary N) is 1. The van der Waals surface area contributed by atoms with Crippen molar-refractivity contribution in [3.63, 3.8) is 0 Å². The van der Waals surface area contributed by atoms with Crippen LogP contribution in [-0.4, -0.2) is 38.4 Å². The van der Waals surface area contributed by atoms with Gasteiger partial charge in [0, 0.05) is 12.6 Å². The number of hydrogen-bond donors (Lipinski definition) is 1. The standard InChI is InChI=1S/C13H18Cl2N2O2S/c1-2-17(10-6-8-16-9-7-10)20(18,19)12-5-3-4-11(14)13(12)15/h3-5,10,16H,2,6-9H2,1H3. The van der Waals surface area contributed by atoms with Crippen molar-refractivity contribution < 1.29 is 8.42 Å². The fourth-order valence-electron chi connectivity index (χ4n) is 2.53. The van der Waals surface area contributed by atoms with Crippen molar-refractivity contribution >= 4 is 33.2 Å². The van der Waals surface area contributed by atoms with Crippen molar-refractivity contribution in [2.24, 2.45) is 0 Å². The lowest BCUT2D eigenvalue weighted by molar-refractivity contribution is 0.271. The molecule has 0 atom stereocenters. The Hall–Kier alpha value is -0.330. The Kier molecular flexibility index (Phi) is 5.31. The van der Waals surface area contributed by atoms with Crippen molar-refractivity contribution in [2.75, 3.05) is 19.6 Å². The molecule has 1 aromatic carbocycles. The van der Waals surface area contributed by atoms with E-state index in [4.69, 9.17) is 23.2 Å². The Bertz CT molecular complexity index is 572. The Labute approximate surface area is 130 Å². The van der Waals surface area contributed by atoms with Crippen LogP contribution in [0, 0.1) is 0 Å². The zero-order chi connectivity index (χ0) is 14.8. The third-order valence-corrected chi connectivity index (χ3v) is 6.53. The molecule has 20 heavy (non-hydrogen) atoms. The van der Waals surface area contributed by atoms with Crippen LogP contribution in [0.1, 0.15) is 19.8 Å². The summed E-state index contributed by atoms with van der Waals surface area (Å²) in [7, 11) is -3.61. The molecule has 1 aromatic rings. The van der Waals surface area contributed by atoms with Gasteiger partial charge in [-0.05, 0) is 38.1 Å². The molecule has 0 unspecified atom stereocenters. The maximum Gasteiger partial charge on any atom is 0.244 e. The normalized spacial score (nSPS) is 17.6. The van der Waals surface area contributed by atoms with Crippen LogP contribution in [0.3, 0.4) is 0 Å². The SMILES string of the molecule is CCN(C1CCNCC1)S(=O)(=O)c1cccc(Cl)c1Cl. The molecule has 112 valence electrons. The van der Waals surface area contributed by atoms with Gasteiger partial charge in [0.05, 0.1) is 10.0 Å². The molecule has 1 aliphatic heterocycles. The average Bonchev–Trinajstić information content (AvgIpc) is 2.43. The van der Waals surface area contributed by atoms with E-state index in [1.54, 1.807) is 12.1 Å². The van der Waals surface area contributed by atoms with Gasteiger partial charge in [-0.15, -0.1) is 0 Å². The van der Waals surface area contributed by atoms with E-state index in [2.05, 4.69) is 5.32 Å². The molecule has 7 heteroatoms. The van der Waals surface area contributed by atoms with Crippen LogP contribution in [0.25, 0.3) is 0 Å². The highest BCUT2D eigenvalue weighted by Gasteiger charge is 2.32. The molecule has 1 N–H and O–H groups in total. The summed E-state index contributed by atoms with van der Waals surface area (Å²) in [5.74, 6) is 0. The lowest BCUT2D eigenvalue weighted by Gasteiger charge is -2.33. The van der Waals surface area contributed by atoms with E-state index in [9.17, 15) is 8.42 Å². The topological polar surface area (TPSA) is 49.4 Å². The number of hydrogen-bond acceptors (Lipinski definition) is 3. The zero-order valence-corrected chi connectivity index (χ0v) is 13.6. The lowest BCUT2D eigenvalue weighted by Crippen LogP contribution is -2.46. The van der Waals surface area contributed by atoms with E-state index >= 15 is 0 Å². The van der Waals surface area contributed by atoms with Gasteiger partial charge in [-0.2, -0.15) is 4.31 Å². The lowest BCUT2D eigenvalue weighted by atomic mass is 10.1. The number of halogens is 2. The van der Waals surface area contributed by atoms with Crippen molar-refractivity contribution in [1.82, 2.24) is 9.62 Å². The average molecular weight is 337 g/mol. The van der Waals surface area contributed by atoms with E-state index in [1.807, 2.05) is 6.92 Å². The summed E-state index contributed by atoms with van der Waals surface area (Å²) in [6, 6.07) is 4.72. The van der Waals surface area contributed by atoms with Crippen molar-refractivity contribution in [1.29, 1.82) is 0 Å². The van der Waals surface area contributed by atoms with Crippen LogP contribution < -0.4 is 5.32 Å². The molecule has 0 aromatic heterocycles. The van der Waals surface area contributed by atoms with Gasteiger partial charge < -0.3 is 5.32 Å². The second-order valence-electron chi connectivity index (χ2n) is 4.74. The monoisotopic (exact) mass is 336 g/mol. The first-order valence-electron chi connectivity index (χ1n) is 6.65. The third kappa shape index (κ3) is 3.12. The highest BCUT2D eigenvalue weighted by molar-refractivity contribution is 7.89. The van der Waals surface area contributed by atoms with Gasteiger partial charge in [-0.25, -0.2) is 8.42 Å². The largest absolute Gasteiger partial charge is 0.317 e. The summed E-state index contributed by atoms with van der Waals surface area (Å²) < 4.78 is 27.1. The second kappa shape index (κ2) is 6.62. The Balaban J connectivity index is 2.38. The third-order valence-electron chi connectivity index (χ3n) is 3.53. The van der Waals surface area contributed by atoms with Gasteiger partial charge in [-0.3, -0.25) is 0 Å². The molecule has 4 nitrogen and oxygen atoms in total. The molecule has 1 saturated heterocycles. The van der Waals surface area contributed by atoms with Gasteiger partial charge in [0.2, 0.25) is 10.0 Å². The van der Waals surface area contributed by atoms with Gasteiger partial charge in [0.15, 0.2) is 0 Å². The van der Waals surface area contributed by atoms with E-state index in [-0.39, 0.29) is 21.0 Å². The molecule has 0 radical (unpaired) electrons. The molecule has 0 bridgehead atoms. The molecule has 1 aliphatic rings. The number of sulfonamides is 1. The van der Waals surface area contributed by atoms with Crippen LogP contribution in [0.4, 0.5) is 0 Å². The van der Waals surface area contributed by atoms with Crippen LogP contribution in [0.5, 0.6) is 0 Å². The highest BCUT2D eigenvalue weighted by Crippen LogP contribution is 2.32. The summed E-state index contributed by atoms with van der Waals surface area (Å²) in [5.41, 5.74) is 0. The minimum Gasteiger partial charge on any atom is -0.317 e. The highest BCUT2D eigenvalue weighted by atomic mass is 35.5. The summed E-state index contributed by atoms with van der Waals surface area (Å²) in [6.07, 6.45) is 1.62. The Morgan fingerprint density at radius 2 is 1.95 bits per heavy atom. The molecular weight excluding hydrogens is 319 g/mol. The molecule has 2 rings (SSSR count). The summed E-state index contributed by atoms with van der Waals surface area (Å²) in [6.45, 7) is 3.94. The summed E-state index contributed by atoms with van der Waals surface area (Å²) >= 11 is 12.0. The second-order valence-corrected chi connectivity index (χ2v) is 7.39.